The molecule has 5 heteroatoms. The summed E-state index contributed by atoms with van der Waals surface area (Å²) < 4.78 is 2.03. The van der Waals surface area contributed by atoms with Crippen molar-refractivity contribution in [1.82, 2.24) is 4.98 Å². The Morgan fingerprint density at radius 3 is 2.80 bits per heavy atom. The number of aryl methyl sites for hydroxylation is 1. The molecule has 3 aromatic rings. The predicted octanol–water partition coefficient (Wildman–Crippen LogP) is 4.62. The molecule has 0 aliphatic rings. The number of fused-ring (bicyclic) bond motifs is 1. The fourth-order valence-corrected chi connectivity index (χ4v) is 3.31. The lowest BCUT2D eigenvalue weighted by Gasteiger charge is -2.05. The van der Waals surface area contributed by atoms with Crippen molar-refractivity contribution < 1.29 is 4.79 Å². The molecule has 1 amide bonds. The van der Waals surface area contributed by atoms with Crippen molar-refractivity contribution >= 4 is 48.5 Å². The highest BCUT2D eigenvalue weighted by Gasteiger charge is 2.12. The number of nitrogens with zero attached hydrogens (tertiary/aromatic N) is 1. The van der Waals surface area contributed by atoms with E-state index in [9.17, 15) is 4.79 Å². The number of halogens is 1. The number of rotatable bonds is 2. The van der Waals surface area contributed by atoms with Crippen LogP contribution in [0.5, 0.6) is 0 Å². The average molecular weight is 347 g/mol. The first-order valence-corrected chi connectivity index (χ1v) is 7.67. The van der Waals surface area contributed by atoms with Gasteiger partial charge < -0.3 is 0 Å². The molecule has 1 heterocycles. The highest BCUT2D eigenvalue weighted by atomic mass is 79.9. The quantitative estimate of drug-likeness (QED) is 0.735. The Kier molecular flexibility index (Phi) is 3.54. The van der Waals surface area contributed by atoms with Gasteiger partial charge in [-0.2, -0.15) is 0 Å². The topological polar surface area (TPSA) is 42.0 Å². The van der Waals surface area contributed by atoms with Crippen molar-refractivity contribution in [2.45, 2.75) is 6.92 Å². The van der Waals surface area contributed by atoms with Crippen LogP contribution in [-0.2, 0) is 0 Å². The Hall–Kier alpha value is -1.72. The molecule has 0 spiro atoms. The van der Waals surface area contributed by atoms with Crippen LogP contribution in [-0.4, -0.2) is 10.9 Å². The summed E-state index contributed by atoms with van der Waals surface area (Å²) in [7, 11) is 0. The van der Waals surface area contributed by atoms with Gasteiger partial charge in [0.05, 0.1) is 10.2 Å². The maximum Gasteiger partial charge on any atom is 0.257 e. The monoisotopic (exact) mass is 346 g/mol. The van der Waals surface area contributed by atoms with Crippen LogP contribution in [0.4, 0.5) is 5.13 Å². The van der Waals surface area contributed by atoms with Gasteiger partial charge in [0.15, 0.2) is 5.13 Å². The Morgan fingerprint density at radius 1 is 1.25 bits per heavy atom. The van der Waals surface area contributed by atoms with Gasteiger partial charge in [-0.25, -0.2) is 4.98 Å². The van der Waals surface area contributed by atoms with E-state index < -0.39 is 0 Å². The Morgan fingerprint density at radius 2 is 2.05 bits per heavy atom. The van der Waals surface area contributed by atoms with Crippen molar-refractivity contribution in [3.05, 3.63) is 58.1 Å². The molecular weight excluding hydrogens is 336 g/mol. The summed E-state index contributed by atoms with van der Waals surface area (Å²) in [6.07, 6.45) is 0. The molecule has 2 aromatic carbocycles. The third kappa shape index (κ3) is 2.59. The maximum atomic E-state index is 12.3. The number of benzene rings is 2. The molecule has 1 aromatic heterocycles. The smallest absolute Gasteiger partial charge is 0.257 e. The van der Waals surface area contributed by atoms with E-state index in [0.29, 0.717) is 10.7 Å². The van der Waals surface area contributed by atoms with Gasteiger partial charge in [0.2, 0.25) is 0 Å². The summed E-state index contributed by atoms with van der Waals surface area (Å²) in [6, 6.07) is 13.4. The Labute approximate surface area is 128 Å². The minimum atomic E-state index is -0.131. The number of hydrogen-bond acceptors (Lipinski definition) is 3. The van der Waals surface area contributed by atoms with Gasteiger partial charge >= 0.3 is 0 Å². The second-order valence-corrected chi connectivity index (χ2v) is 6.35. The lowest BCUT2D eigenvalue weighted by atomic mass is 10.1. The summed E-state index contributed by atoms with van der Waals surface area (Å²) in [4.78, 5) is 16.7. The van der Waals surface area contributed by atoms with E-state index in [1.807, 2.05) is 49.4 Å². The SMILES string of the molecule is Cc1cc(Br)ccc1C(=O)Nc1nc2ccccc2s1. The molecule has 0 aliphatic carbocycles. The van der Waals surface area contributed by atoms with Crippen LogP contribution in [0.1, 0.15) is 15.9 Å². The first-order valence-electron chi connectivity index (χ1n) is 6.06. The predicted molar refractivity (Wildman–Crippen MR) is 86.5 cm³/mol. The molecule has 0 atom stereocenters. The molecule has 0 unspecified atom stereocenters. The van der Waals surface area contributed by atoms with Gasteiger partial charge in [0.25, 0.3) is 5.91 Å². The largest absolute Gasteiger partial charge is 0.298 e. The highest BCUT2D eigenvalue weighted by Crippen LogP contribution is 2.26. The van der Waals surface area contributed by atoms with E-state index in [0.717, 1.165) is 20.3 Å². The lowest BCUT2D eigenvalue weighted by molar-refractivity contribution is 0.102. The summed E-state index contributed by atoms with van der Waals surface area (Å²) in [5, 5.41) is 3.48. The number of thiazole rings is 1. The van der Waals surface area contributed by atoms with Crippen LogP contribution in [0.2, 0.25) is 0 Å². The molecule has 20 heavy (non-hydrogen) atoms. The zero-order chi connectivity index (χ0) is 14.1. The van der Waals surface area contributed by atoms with Gasteiger partial charge in [-0.05, 0) is 42.8 Å². The Bertz CT molecular complexity index is 764. The Balaban J connectivity index is 1.88. The highest BCUT2D eigenvalue weighted by molar-refractivity contribution is 9.10. The third-order valence-electron chi connectivity index (χ3n) is 2.95. The second-order valence-electron chi connectivity index (χ2n) is 4.40. The minimum Gasteiger partial charge on any atom is -0.298 e. The molecule has 0 saturated carbocycles. The normalized spacial score (nSPS) is 10.7. The number of nitrogens with one attached hydrogen (secondary N) is 1. The minimum absolute atomic E-state index is 0.131. The molecule has 0 fully saturated rings. The van der Waals surface area contributed by atoms with E-state index in [-0.39, 0.29) is 5.91 Å². The van der Waals surface area contributed by atoms with Crippen LogP contribution in [0, 0.1) is 6.92 Å². The number of carbonyl (C=O) groups is 1. The van der Waals surface area contributed by atoms with Crippen LogP contribution < -0.4 is 5.32 Å². The first-order chi connectivity index (χ1) is 9.63. The van der Waals surface area contributed by atoms with Gasteiger partial charge in [-0.3, -0.25) is 10.1 Å². The van der Waals surface area contributed by atoms with E-state index in [1.165, 1.54) is 11.3 Å². The molecular formula is C15H11BrN2OS. The second kappa shape index (κ2) is 5.34. The van der Waals surface area contributed by atoms with E-state index in [2.05, 4.69) is 26.2 Å². The molecule has 0 saturated heterocycles. The van der Waals surface area contributed by atoms with Crippen molar-refractivity contribution in [2.24, 2.45) is 0 Å². The van der Waals surface area contributed by atoms with Crippen LogP contribution >= 0.6 is 27.3 Å². The summed E-state index contributed by atoms with van der Waals surface area (Å²) in [5.74, 6) is -0.131. The summed E-state index contributed by atoms with van der Waals surface area (Å²) in [5.41, 5.74) is 2.49. The molecule has 3 nitrogen and oxygen atoms in total. The van der Waals surface area contributed by atoms with Crippen LogP contribution in [0.25, 0.3) is 10.2 Å². The standard InChI is InChI=1S/C15H11BrN2OS/c1-9-8-10(16)6-7-11(9)14(19)18-15-17-12-4-2-3-5-13(12)20-15/h2-8H,1H3,(H,17,18,19). The average Bonchev–Trinajstić information content (AvgIpc) is 2.80. The number of aromatic nitrogens is 1. The molecule has 0 radical (unpaired) electrons. The van der Waals surface area contributed by atoms with Crippen molar-refractivity contribution in [3.8, 4) is 0 Å². The molecule has 100 valence electrons. The van der Waals surface area contributed by atoms with E-state index >= 15 is 0 Å². The molecule has 3 rings (SSSR count). The third-order valence-corrected chi connectivity index (χ3v) is 4.39. The van der Waals surface area contributed by atoms with Crippen molar-refractivity contribution in [2.75, 3.05) is 5.32 Å². The zero-order valence-corrected chi connectivity index (χ0v) is 13.1. The van der Waals surface area contributed by atoms with Gasteiger partial charge in [-0.1, -0.05) is 39.4 Å². The van der Waals surface area contributed by atoms with Crippen LogP contribution in [0.3, 0.4) is 0 Å². The number of amides is 1. The van der Waals surface area contributed by atoms with Gasteiger partial charge in [-0.15, -0.1) is 0 Å². The zero-order valence-electron chi connectivity index (χ0n) is 10.7. The fourth-order valence-electron chi connectivity index (χ4n) is 1.97. The van der Waals surface area contributed by atoms with Crippen molar-refractivity contribution in [3.63, 3.8) is 0 Å². The first kappa shape index (κ1) is 13.3. The van der Waals surface area contributed by atoms with E-state index in [1.54, 1.807) is 0 Å². The van der Waals surface area contributed by atoms with Crippen LogP contribution in [0.15, 0.2) is 46.9 Å². The fraction of sp³-hybridized carbons (Fsp3) is 0.0667. The summed E-state index contributed by atoms with van der Waals surface area (Å²) in [6.45, 7) is 1.91. The molecule has 0 bridgehead atoms. The number of para-hydroxylation sites is 1. The molecule has 1 N–H and O–H groups in total. The maximum absolute atomic E-state index is 12.3. The van der Waals surface area contributed by atoms with Gasteiger partial charge in [0.1, 0.15) is 0 Å². The number of carbonyl (C=O) groups excluding carboxylic acids is 1. The number of hydrogen-bond donors (Lipinski definition) is 1. The summed E-state index contributed by atoms with van der Waals surface area (Å²) >= 11 is 4.87. The van der Waals surface area contributed by atoms with Crippen molar-refractivity contribution in [1.29, 1.82) is 0 Å². The lowest BCUT2D eigenvalue weighted by Crippen LogP contribution is -2.13. The van der Waals surface area contributed by atoms with E-state index in [4.69, 9.17) is 0 Å². The number of anilines is 1. The molecule has 0 aliphatic heterocycles. The van der Waals surface area contributed by atoms with Gasteiger partial charge in [0, 0.05) is 10.0 Å².